The van der Waals surface area contributed by atoms with Crippen LogP contribution < -0.4 is 16.0 Å². The van der Waals surface area contributed by atoms with Crippen molar-refractivity contribution in [1.29, 1.82) is 0 Å². The van der Waals surface area contributed by atoms with Crippen LogP contribution in [0, 0.1) is 5.92 Å². The molecule has 3 N–H and O–H groups in total. The van der Waals surface area contributed by atoms with E-state index in [-0.39, 0.29) is 17.2 Å². The Morgan fingerprint density at radius 2 is 1.95 bits per heavy atom. The lowest BCUT2D eigenvalue weighted by molar-refractivity contribution is -0.0789. The maximum atomic E-state index is 6.13. The van der Waals surface area contributed by atoms with Crippen molar-refractivity contribution in [2.24, 2.45) is 11.8 Å². The standard InChI is InChI=1S/C16H26N2O2/c1-15(2)10-13(16(3,4)20-15)14(18-17)11-19-12-8-6-5-7-9-12/h5-9,13-14,18H,10-11,17H2,1-4H3. The van der Waals surface area contributed by atoms with Crippen molar-refractivity contribution in [3.63, 3.8) is 0 Å². The summed E-state index contributed by atoms with van der Waals surface area (Å²) in [5, 5.41) is 0. The van der Waals surface area contributed by atoms with Crippen LogP contribution in [0.2, 0.25) is 0 Å². The molecule has 0 spiro atoms. The number of nitrogens with two attached hydrogens (primary N) is 1. The third kappa shape index (κ3) is 3.51. The second-order valence-electron chi connectivity index (χ2n) is 6.67. The summed E-state index contributed by atoms with van der Waals surface area (Å²) in [6.45, 7) is 9.04. The van der Waals surface area contributed by atoms with Crippen LogP contribution in [0.3, 0.4) is 0 Å². The van der Waals surface area contributed by atoms with Crippen molar-refractivity contribution in [3.8, 4) is 5.75 Å². The molecule has 1 aromatic rings. The Labute approximate surface area is 121 Å². The van der Waals surface area contributed by atoms with Crippen LogP contribution in [0.25, 0.3) is 0 Å². The predicted octanol–water partition coefficient (Wildman–Crippen LogP) is 2.49. The van der Waals surface area contributed by atoms with Gasteiger partial charge in [-0.1, -0.05) is 18.2 Å². The molecule has 0 radical (unpaired) electrons. The van der Waals surface area contributed by atoms with Gasteiger partial charge in [0, 0.05) is 5.92 Å². The van der Waals surface area contributed by atoms with Crippen molar-refractivity contribution in [1.82, 2.24) is 5.43 Å². The van der Waals surface area contributed by atoms with E-state index in [9.17, 15) is 0 Å². The molecule has 1 saturated heterocycles. The Hall–Kier alpha value is -1.10. The molecule has 0 aliphatic carbocycles. The quantitative estimate of drug-likeness (QED) is 0.642. The van der Waals surface area contributed by atoms with Crippen molar-refractivity contribution >= 4 is 0 Å². The third-order valence-corrected chi connectivity index (χ3v) is 4.02. The maximum absolute atomic E-state index is 6.13. The van der Waals surface area contributed by atoms with Gasteiger partial charge in [0.1, 0.15) is 12.4 Å². The van der Waals surface area contributed by atoms with Gasteiger partial charge >= 0.3 is 0 Å². The highest BCUT2D eigenvalue weighted by Gasteiger charge is 2.49. The van der Waals surface area contributed by atoms with Gasteiger partial charge in [0.2, 0.25) is 0 Å². The van der Waals surface area contributed by atoms with Crippen LogP contribution in [0.4, 0.5) is 0 Å². The molecule has 0 saturated carbocycles. The lowest BCUT2D eigenvalue weighted by Crippen LogP contribution is -2.50. The first kappa shape index (κ1) is 15.3. The molecule has 0 aromatic heterocycles. The van der Waals surface area contributed by atoms with E-state index < -0.39 is 0 Å². The second-order valence-corrected chi connectivity index (χ2v) is 6.67. The molecular formula is C16H26N2O2. The SMILES string of the molecule is CC1(C)CC(C(COc2ccccc2)NN)C(C)(C)O1. The summed E-state index contributed by atoms with van der Waals surface area (Å²) in [7, 11) is 0. The molecule has 4 nitrogen and oxygen atoms in total. The van der Waals surface area contributed by atoms with Gasteiger partial charge in [0.25, 0.3) is 0 Å². The van der Waals surface area contributed by atoms with Gasteiger partial charge in [-0.15, -0.1) is 0 Å². The zero-order chi connectivity index (χ0) is 14.8. The average Bonchev–Trinajstić information content (AvgIpc) is 2.60. The van der Waals surface area contributed by atoms with Crippen LogP contribution in [-0.4, -0.2) is 23.9 Å². The van der Waals surface area contributed by atoms with Crippen molar-refractivity contribution in [2.75, 3.05) is 6.61 Å². The van der Waals surface area contributed by atoms with Gasteiger partial charge in [0.15, 0.2) is 0 Å². The molecule has 2 rings (SSSR count). The van der Waals surface area contributed by atoms with Crippen LogP contribution in [0.1, 0.15) is 34.1 Å². The van der Waals surface area contributed by atoms with Gasteiger partial charge in [-0.25, -0.2) is 0 Å². The molecule has 1 heterocycles. The Balaban J connectivity index is 2.01. The van der Waals surface area contributed by atoms with Crippen LogP contribution in [-0.2, 0) is 4.74 Å². The largest absolute Gasteiger partial charge is 0.492 e. The number of hydrazine groups is 1. The maximum Gasteiger partial charge on any atom is 0.119 e. The molecule has 112 valence electrons. The number of nitrogens with one attached hydrogen (secondary N) is 1. The topological polar surface area (TPSA) is 56.5 Å². The van der Waals surface area contributed by atoms with E-state index in [1.54, 1.807) is 0 Å². The van der Waals surface area contributed by atoms with Crippen LogP contribution in [0.15, 0.2) is 30.3 Å². The second kappa shape index (κ2) is 5.72. The van der Waals surface area contributed by atoms with Crippen molar-refractivity contribution in [3.05, 3.63) is 30.3 Å². The minimum atomic E-state index is -0.208. The summed E-state index contributed by atoms with van der Waals surface area (Å²) in [5.74, 6) is 6.92. The van der Waals surface area contributed by atoms with E-state index in [1.807, 2.05) is 30.3 Å². The highest BCUT2D eigenvalue weighted by molar-refractivity contribution is 5.21. The van der Waals surface area contributed by atoms with E-state index in [0.717, 1.165) is 12.2 Å². The van der Waals surface area contributed by atoms with E-state index >= 15 is 0 Å². The zero-order valence-electron chi connectivity index (χ0n) is 12.8. The molecule has 2 unspecified atom stereocenters. The number of hydrogen-bond donors (Lipinski definition) is 2. The van der Waals surface area contributed by atoms with Crippen molar-refractivity contribution in [2.45, 2.75) is 51.4 Å². The summed E-state index contributed by atoms with van der Waals surface area (Å²) in [6.07, 6.45) is 0.965. The summed E-state index contributed by atoms with van der Waals surface area (Å²) in [6, 6.07) is 9.87. The Kier molecular flexibility index (Phi) is 4.37. The first-order valence-corrected chi connectivity index (χ1v) is 7.18. The van der Waals surface area contributed by atoms with E-state index in [4.69, 9.17) is 15.3 Å². The van der Waals surface area contributed by atoms with Gasteiger partial charge < -0.3 is 9.47 Å². The Morgan fingerprint density at radius 1 is 1.30 bits per heavy atom. The number of rotatable bonds is 5. The van der Waals surface area contributed by atoms with Gasteiger partial charge in [-0.3, -0.25) is 11.3 Å². The van der Waals surface area contributed by atoms with E-state index in [0.29, 0.717) is 12.5 Å². The molecule has 4 heteroatoms. The third-order valence-electron chi connectivity index (χ3n) is 4.02. The lowest BCUT2D eigenvalue weighted by Gasteiger charge is -2.32. The summed E-state index contributed by atoms with van der Waals surface area (Å²) < 4.78 is 12.0. The van der Waals surface area contributed by atoms with Crippen LogP contribution in [0.5, 0.6) is 5.75 Å². The predicted molar refractivity (Wildman–Crippen MR) is 80.4 cm³/mol. The smallest absolute Gasteiger partial charge is 0.119 e. The molecule has 0 amide bonds. The average molecular weight is 278 g/mol. The molecule has 1 fully saturated rings. The highest BCUT2D eigenvalue weighted by Crippen LogP contribution is 2.43. The van der Waals surface area contributed by atoms with E-state index in [2.05, 4.69) is 33.1 Å². The van der Waals surface area contributed by atoms with Crippen molar-refractivity contribution < 1.29 is 9.47 Å². The molecule has 2 atom stereocenters. The fraction of sp³-hybridized carbons (Fsp3) is 0.625. The normalized spacial score (nSPS) is 25.4. The Bertz CT molecular complexity index is 431. The number of hydrogen-bond acceptors (Lipinski definition) is 4. The summed E-state index contributed by atoms with van der Waals surface area (Å²) >= 11 is 0. The van der Waals surface area contributed by atoms with Gasteiger partial charge in [-0.2, -0.15) is 0 Å². The number of para-hydroxylation sites is 1. The van der Waals surface area contributed by atoms with Gasteiger partial charge in [0.05, 0.1) is 17.2 Å². The van der Waals surface area contributed by atoms with Crippen LogP contribution >= 0.6 is 0 Å². The fourth-order valence-corrected chi connectivity index (χ4v) is 3.21. The monoisotopic (exact) mass is 278 g/mol. The van der Waals surface area contributed by atoms with E-state index in [1.165, 1.54) is 0 Å². The first-order valence-electron chi connectivity index (χ1n) is 7.18. The minimum Gasteiger partial charge on any atom is -0.492 e. The number of ether oxygens (including phenoxy) is 2. The zero-order valence-corrected chi connectivity index (χ0v) is 12.8. The molecule has 20 heavy (non-hydrogen) atoms. The highest BCUT2D eigenvalue weighted by atomic mass is 16.5. The first-order chi connectivity index (χ1) is 9.34. The summed E-state index contributed by atoms with van der Waals surface area (Å²) in [5.41, 5.74) is 2.58. The molecule has 1 aliphatic rings. The summed E-state index contributed by atoms with van der Waals surface area (Å²) in [4.78, 5) is 0. The number of benzene rings is 1. The minimum absolute atomic E-state index is 0.0620. The Morgan fingerprint density at radius 3 is 2.45 bits per heavy atom. The molecule has 0 bridgehead atoms. The lowest BCUT2D eigenvalue weighted by atomic mass is 9.82. The molecular weight excluding hydrogens is 252 g/mol. The van der Waals surface area contributed by atoms with Gasteiger partial charge in [-0.05, 0) is 46.2 Å². The fourth-order valence-electron chi connectivity index (χ4n) is 3.21. The molecule has 1 aromatic carbocycles. The molecule has 1 aliphatic heterocycles.